The molecular weight excluding hydrogens is 279 g/mol. The minimum Gasteiger partial charge on any atom is -0.384 e. The Hall–Kier alpha value is -0.240. The Bertz CT molecular complexity index is 474. The van der Waals surface area contributed by atoms with Gasteiger partial charge in [-0.3, -0.25) is 0 Å². The van der Waals surface area contributed by atoms with Crippen LogP contribution in [0, 0.1) is 11.8 Å². The van der Waals surface area contributed by atoms with E-state index in [2.05, 4.69) is 12.1 Å². The number of halogens is 2. The molecule has 3 heteroatoms. The summed E-state index contributed by atoms with van der Waals surface area (Å²) in [6, 6.07) is 6.20. The van der Waals surface area contributed by atoms with Crippen LogP contribution in [0.3, 0.4) is 0 Å². The standard InChI is InChI=1S/C16H20Cl2O/c1-19-10-13-3-2-11-6-7-16(13,9-11)12-4-5-14(17)15(18)8-12/h4-5,8,11,13H,2-3,6-7,9-10H2,1H3/t11-,13-,16+/m0/s1. The Morgan fingerprint density at radius 1 is 1.21 bits per heavy atom. The minimum atomic E-state index is 0.271. The second kappa shape index (κ2) is 5.27. The lowest BCUT2D eigenvalue weighted by atomic mass is 9.64. The first-order valence-electron chi connectivity index (χ1n) is 7.10. The highest BCUT2D eigenvalue weighted by Gasteiger charge is 2.49. The highest BCUT2D eigenvalue weighted by atomic mass is 35.5. The van der Waals surface area contributed by atoms with E-state index in [1.807, 2.05) is 13.2 Å². The summed E-state index contributed by atoms with van der Waals surface area (Å²) in [5.74, 6) is 1.51. The fourth-order valence-corrected chi connectivity index (χ4v) is 4.56. The summed E-state index contributed by atoms with van der Waals surface area (Å²) in [6.45, 7) is 0.854. The van der Waals surface area contributed by atoms with Crippen molar-refractivity contribution < 1.29 is 4.74 Å². The molecule has 0 heterocycles. The Morgan fingerprint density at radius 2 is 2.05 bits per heavy atom. The lowest BCUT2D eigenvalue weighted by molar-refractivity contribution is 0.0788. The van der Waals surface area contributed by atoms with Gasteiger partial charge in [-0.1, -0.05) is 35.7 Å². The molecule has 0 amide bonds. The summed E-state index contributed by atoms with van der Waals surface area (Å²) in [7, 11) is 1.81. The van der Waals surface area contributed by atoms with Crippen molar-refractivity contribution in [2.45, 2.75) is 37.5 Å². The maximum Gasteiger partial charge on any atom is 0.0595 e. The number of fused-ring (bicyclic) bond motifs is 2. The summed E-state index contributed by atoms with van der Waals surface area (Å²) in [5, 5.41) is 1.33. The second-order valence-electron chi connectivity index (χ2n) is 6.12. The zero-order valence-electron chi connectivity index (χ0n) is 11.3. The molecule has 1 aromatic carbocycles. The lowest BCUT2D eigenvalue weighted by Crippen LogP contribution is -2.38. The summed E-state index contributed by atoms with van der Waals surface area (Å²) < 4.78 is 5.47. The monoisotopic (exact) mass is 298 g/mol. The first kappa shape index (κ1) is 13.7. The molecule has 1 aromatic rings. The number of hydrogen-bond acceptors (Lipinski definition) is 1. The molecule has 19 heavy (non-hydrogen) atoms. The van der Waals surface area contributed by atoms with E-state index >= 15 is 0 Å². The van der Waals surface area contributed by atoms with Crippen molar-refractivity contribution in [1.82, 2.24) is 0 Å². The molecule has 0 radical (unpaired) electrons. The van der Waals surface area contributed by atoms with Crippen LogP contribution in [0.25, 0.3) is 0 Å². The van der Waals surface area contributed by atoms with Gasteiger partial charge in [-0.05, 0) is 55.2 Å². The summed E-state index contributed by atoms with van der Waals surface area (Å²) in [5.41, 5.74) is 1.64. The molecule has 0 aromatic heterocycles. The number of rotatable bonds is 3. The van der Waals surface area contributed by atoms with Crippen molar-refractivity contribution in [3.8, 4) is 0 Å². The molecule has 2 bridgehead atoms. The molecule has 3 atom stereocenters. The summed E-state index contributed by atoms with van der Waals surface area (Å²) in [6.07, 6.45) is 6.54. The van der Waals surface area contributed by atoms with Gasteiger partial charge < -0.3 is 4.74 Å². The van der Waals surface area contributed by atoms with Gasteiger partial charge in [0.15, 0.2) is 0 Å². The molecule has 0 unspecified atom stereocenters. The predicted molar refractivity (Wildman–Crippen MR) is 80.1 cm³/mol. The quantitative estimate of drug-likeness (QED) is 0.755. The SMILES string of the molecule is COC[C@@H]1CC[C@H]2CC[C@]1(c1ccc(Cl)c(Cl)c1)C2. The van der Waals surface area contributed by atoms with E-state index in [-0.39, 0.29) is 5.41 Å². The summed E-state index contributed by atoms with van der Waals surface area (Å²) >= 11 is 12.3. The van der Waals surface area contributed by atoms with Crippen molar-refractivity contribution in [3.05, 3.63) is 33.8 Å². The predicted octanol–water partition coefficient (Wildman–Crippen LogP) is 5.09. The molecule has 0 aliphatic heterocycles. The third-order valence-corrected chi connectivity index (χ3v) is 5.96. The van der Waals surface area contributed by atoms with Crippen LogP contribution in [-0.2, 0) is 10.2 Å². The molecule has 2 fully saturated rings. The zero-order chi connectivity index (χ0) is 13.5. The third kappa shape index (κ3) is 2.30. The molecule has 2 aliphatic carbocycles. The van der Waals surface area contributed by atoms with Gasteiger partial charge in [0.1, 0.15) is 0 Å². The van der Waals surface area contributed by atoms with E-state index in [1.54, 1.807) is 0 Å². The Kier molecular flexibility index (Phi) is 3.81. The smallest absolute Gasteiger partial charge is 0.0595 e. The van der Waals surface area contributed by atoms with Gasteiger partial charge in [-0.15, -0.1) is 0 Å². The average Bonchev–Trinajstić information content (AvgIpc) is 2.76. The Morgan fingerprint density at radius 3 is 2.79 bits per heavy atom. The Balaban J connectivity index is 2.00. The van der Waals surface area contributed by atoms with Crippen LogP contribution in [0.1, 0.15) is 37.7 Å². The molecule has 0 spiro atoms. The average molecular weight is 299 g/mol. The highest BCUT2D eigenvalue weighted by molar-refractivity contribution is 6.42. The molecule has 2 saturated carbocycles. The lowest BCUT2D eigenvalue weighted by Gasteiger charge is -2.41. The van der Waals surface area contributed by atoms with Gasteiger partial charge in [0.2, 0.25) is 0 Å². The van der Waals surface area contributed by atoms with Crippen LogP contribution < -0.4 is 0 Å². The van der Waals surface area contributed by atoms with E-state index in [9.17, 15) is 0 Å². The molecule has 0 saturated heterocycles. The number of hydrogen-bond donors (Lipinski definition) is 0. The van der Waals surface area contributed by atoms with Crippen LogP contribution in [0.15, 0.2) is 18.2 Å². The van der Waals surface area contributed by atoms with Gasteiger partial charge in [-0.2, -0.15) is 0 Å². The van der Waals surface area contributed by atoms with Gasteiger partial charge >= 0.3 is 0 Å². The zero-order valence-corrected chi connectivity index (χ0v) is 12.8. The van der Waals surface area contributed by atoms with E-state index in [0.717, 1.165) is 12.5 Å². The number of benzene rings is 1. The van der Waals surface area contributed by atoms with E-state index in [4.69, 9.17) is 27.9 Å². The van der Waals surface area contributed by atoms with Gasteiger partial charge in [0.05, 0.1) is 10.0 Å². The molecule has 0 N–H and O–H groups in total. The maximum atomic E-state index is 6.23. The molecule has 104 valence electrons. The Labute approximate surface area is 125 Å². The molecule has 2 aliphatic rings. The molecule has 3 rings (SSSR count). The van der Waals surface area contributed by atoms with Gasteiger partial charge in [-0.25, -0.2) is 0 Å². The van der Waals surface area contributed by atoms with Crippen LogP contribution in [-0.4, -0.2) is 13.7 Å². The maximum absolute atomic E-state index is 6.23. The highest BCUT2D eigenvalue weighted by Crippen LogP contribution is 2.56. The largest absolute Gasteiger partial charge is 0.384 e. The first-order valence-corrected chi connectivity index (χ1v) is 7.86. The second-order valence-corrected chi connectivity index (χ2v) is 6.94. The van der Waals surface area contributed by atoms with Crippen molar-refractivity contribution in [1.29, 1.82) is 0 Å². The topological polar surface area (TPSA) is 9.23 Å². The van der Waals surface area contributed by atoms with Crippen molar-refractivity contribution in [2.75, 3.05) is 13.7 Å². The fraction of sp³-hybridized carbons (Fsp3) is 0.625. The van der Waals surface area contributed by atoms with Crippen molar-refractivity contribution in [2.24, 2.45) is 11.8 Å². The number of methoxy groups -OCH3 is 1. The van der Waals surface area contributed by atoms with Crippen molar-refractivity contribution in [3.63, 3.8) is 0 Å². The molecule has 1 nitrogen and oxygen atoms in total. The van der Waals surface area contributed by atoms with E-state index in [0.29, 0.717) is 16.0 Å². The van der Waals surface area contributed by atoms with E-state index < -0.39 is 0 Å². The van der Waals surface area contributed by atoms with Crippen LogP contribution in [0.4, 0.5) is 0 Å². The minimum absolute atomic E-state index is 0.271. The van der Waals surface area contributed by atoms with Crippen LogP contribution in [0.2, 0.25) is 10.0 Å². The van der Waals surface area contributed by atoms with Crippen LogP contribution >= 0.6 is 23.2 Å². The fourth-order valence-electron chi connectivity index (χ4n) is 4.26. The third-order valence-electron chi connectivity index (χ3n) is 5.22. The van der Waals surface area contributed by atoms with Gasteiger partial charge in [0, 0.05) is 19.1 Å². The van der Waals surface area contributed by atoms with Crippen LogP contribution in [0.5, 0.6) is 0 Å². The normalized spacial score (nSPS) is 33.6. The first-order chi connectivity index (χ1) is 9.15. The molecular formula is C16H20Cl2O. The summed E-state index contributed by atoms with van der Waals surface area (Å²) in [4.78, 5) is 0. The van der Waals surface area contributed by atoms with Gasteiger partial charge in [0.25, 0.3) is 0 Å². The van der Waals surface area contributed by atoms with E-state index in [1.165, 1.54) is 37.7 Å². The van der Waals surface area contributed by atoms with Crippen molar-refractivity contribution >= 4 is 23.2 Å². The number of ether oxygens (including phenoxy) is 1.